The molecule has 0 atom stereocenters. The summed E-state index contributed by atoms with van der Waals surface area (Å²) in [7, 11) is 1.88. The van der Waals surface area contributed by atoms with Crippen molar-refractivity contribution in [3.05, 3.63) is 12.2 Å². The first-order chi connectivity index (χ1) is 12.6. The lowest BCUT2D eigenvalue weighted by molar-refractivity contribution is -0.125. The van der Waals surface area contributed by atoms with Crippen LogP contribution < -0.4 is 0 Å². The van der Waals surface area contributed by atoms with E-state index in [-0.39, 0.29) is 5.91 Å². The highest BCUT2D eigenvalue weighted by Gasteiger charge is 2.07. The predicted molar refractivity (Wildman–Crippen MR) is 117 cm³/mol. The van der Waals surface area contributed by atoms with Gasteiger partial charge in [0.1, 0.15) is 0 Å². The molecular formula is C24H47NO. The van der Waals surface area contributed by atoms with Gasteiger partial charge in [0, 0.05) is 19.2 Å². The van der Waals surface area contributed by atoms with E-state index in [1.165, 1.54) is 103 Å². The summed E-state index contributed by atoms with van der Waals surface area (Å²) in [5.74, 6) is 0.0847. The standard InChI is InChI=1S/C24H47NO/c1-5-6-7-8-9-10-11-12-13-14-15-16-17-18-19-20-21-22-25(4)24(26)23(2)3/h2,5-22H2,1,3-4H3. The van der Waals surface area contributed by atoms with Crippen molar-refractivity contribution in [2.24, 2.45) is 0 Å². The Morgan fingerprint density at radius 3 is 1.27 bits per heavy atom. The Hall–Kier alpha value is -0.790. The van der Waals surface area contributed by atoms with Crippen LogP contribution >= 0.6 is 0 Å². The van der Waals surface area contributed by atoms with E-state index in [4.69, 9.17) is 0 Å². The van der Waals surface area contributed by atoms with E-state index in [9.17, 15) is 4.79 Å². The largest absolute Gasteiger partial charge is 0.342 e. The Morgan fingerprint density at radius 2 is 0.962 bits per heavy atom. The average Bonchev–Trinajstić information content (AvgIpc) is 2.63. The molecule has 0 saturated heterocycles. The maximum Gasteiger partial charge on any atom is 0.248 e. The number of amides is 1. The molecule has 2 heteroatoms. The van der Waals surface area contributed by atoms with Crippen LogP contribution in [-0.2, 0) is 4.79 Å². The number of likely N-dealkylation sites (N-methyl/N-ethyl adjacent to an activating group) is 1. The predicted octanol–water partition coefficient (Wildman–Crippen LogP) is 7.67. The Labute approximate surface area is 164 Å². The minimum Gasteiger partial charge on any atom is -0.342 e. The SMILES string of the molecule is C=C(C)C(=O)N(C)CCCCCCCCCCCCCCCCCCC. The zero-order valence-electron chi connectivity index (χ0n) is 18.3. The van der Waals surface area contributed by atoms with Crippen molar-refractivity contribution >= 4 is 5.91 Å². The normalized spacial score (nSPS) is 10.9. The molecule has 0 spiro atoms. The van der Waals surface area contributed by atoms with Crippen LogP contribution in [0.25, 0.3) is 0 Å². The lowest BCUT2D eigenvalue weighted by Crippen LogP contribution is -2.27. The fourth-order valence-corrected chi connectivity index (χ4v) is 3.50. The smallest absolute Gasteiger partial charge is 0.248 e. The van der Waals surface area contributed by atoms with Crippen LogP contribution in [0.15, 0.2) is 12.2 Å². The lowest BCUT2D eigenvalue weighted by atomic mass is 10.0. The summed E-state index contributed by atoms with van der Waals surface area (Å²) in [5, 5.41) is 0. The zero-order chi connectivity index (χ0) is 19.5. The Bertz CT molecular complexity index is 337. The van der Waals surface area contributed by atoms with Crippen molar-refractivity contribution in [2.45, 2.75) is 123 Å². The minimum absolute atomic E-state index is 0.0847. The van der Waals surface area contributed by atoms with Crippen molar-refractivity contribution in [2.75, 3.05) is 13.6 Å². The van der Waals surface area contributed by atoms with Gasteiger partial charge in [0.15, 0.2) is 0 Å². The van der Waals surface area contributed by atoms with Crippen LogP contribution in [0.1, 0.15) is 123 Å². The van der Waals surface area contributed by atoms with Crippen LogP contribution in [0, 0.1) is 0 Å². The molecule has 0 aromatic carbocycles. The van der Waals surface area contributed by atoms with Crippen LogP contribution in [0.4, 0.5) is 0 Å². The molecule has 26 heavy (non-hydrogen) atoms. The molecule has 0 aliphatic heterocycles. The topological polar surface area (TPSA) is 20.3 Å². The summed E-state index contributed by atoms with van der Waals surface area (Å²) in [6, 6.07) is 0. The molecule has 0 aliphatic carbocycles. The number of hydrogen-bond acceptors (Lipinski definition) is 1. The average molecular weight is 366 g/mol. The van der Waals surface area contributed by atoms with Crippen LogP contribution in [-0.4, -0.2) is 24.4 Å². The second-order valence-electron chi connectivity index (χ2n) is 8.16. The highest BCUT2D eigenvalue weighted by molar-refractivity contribution is 5.91. The monoisotopic (exact) mass is 365 g/mol. The maximum absolute atomic E-state index is 11.7. The van der Waals surface area contributed by atoms with E-state index >= 15 is 0 Å². The van der Waals surface area contributed by atoms with Crippen molar-refractivity contribution in [3.8, 4) is 0 Å². The molecular weight excluding hydrogens is 318 g/mol. The first-order valence-electron chi connectivity index (χ1n) is 11.5. The molecule has 0 aromatic rings. The van der Waals surface area contributed by atoms with Gasteiger partial charge in [-0.1, -0.05) is 116 Å². The number of carbonyl (C=O) groups excluding carboxylic acids is 1. The Morgan fingerprint density at radius 1 is 0.654 bits per heavy atom. The molecule has 0 saturated carbocycles. The van der Waals surface area contributed by atoms with Gasteiger partial charge in [0.25, 0.3) is 0 Å². The number of carbonyl (C=O) groups is 1. The molecule has 0 N–H and O–H groups in total. The lowest BCUT2D eigenvalue weighted by Gasteiger charge is -2.16. The van der Waals surface area contributed by atoms with E-state index in [1.807, 2.05) is 7.05 Å². The highest BCUT2D eigenvalue weighted by atomic mass is 16.2. The molecule has 0 heterocycles. The molecule has 0 rings (SSSR count). The molecule has 0 aliphatic rings. The van der Waals surface area contributed by atoms with Gasteiger partial charge in [0.05, 0.1) is 0 Å². The van der Waals surface area contributed by atoms with Gasteiger partial charge in [-0.05, 0) is 13.3 Å². The molecule has 0 bridgehead atoms. The molecule has 2 nitrogen and oxygen atoms in total. The van der Waals surface area contributed by atoms with Crippen LogP contribution in [0.5, 0.6) is 0 Å². The second kappa shape index (κ2) is 19.0. The van der Waals surface area contributed by atoms with E-state index in [1.54, 1.807) is 11.8 Å². The van der Waals surface area contributed by atoms with Gasteiger partial charge in [-0.25, -0.2) is 0 Å². The van der Waals surface area contributed by atoms with E-state index in [2.05, 4.69) is 13.5 Å². The van der Waals surface area contributed by atoms with Crippen molar-refractivity contribution in [3.63, 3.8) is 0 Å². The summed E-state index contributed by atoms with van der Waals surface area (Å²) < 4.78 is 0. The maximum atomic E-state index is 11.7. The molecule has 154 valence electrons. The number of hydrogen-bond donors (Lipinski definition) is 0. The summed E-state index contributed by atoms with van der Waals surface area (Å²) in [5.41, 5.74) is 0.638. The number of nitrogens with zero attached hydrogens (tertiary/aromatic N) is 1. The third-order valence-corrected chi connectivity index (χ3v) is 5.31. The van der Waals surface area contributed by atoms with E-state index in [0.717, 1.165) is 13.0 Å². The van der Waals surface area contributed by atoms with Gasteiger partial charge in [0.2, 0.25) is 5.91 Å². The molecule has 0 unspecified atom stereocenters. The summed E-state index contributed by atoms with van der Waals surface area (Å²) in [4.78, 5) is 13.5. The number of rotatable bonds is 19. The van der Waals surface area contributed by atoms with Crippen molar-refractivity contribution in [1.82, 2.24) is 4.90 Å². The molecule has 0 radical (unpaired) electrons. The van der Waals surface area contributed by atoms with Gasteiger partial charge in [-0.3, -0.25) is 4.79 Å². The fourth-order valence-electron chi connectivity index (χ4n) is 3.50. The third kappa shape index (κ3) is 16.7. The molecule has 1 amide bonds. The first kappa shape index (κ1) is 25.2. The van der Waals surface area contributed by atoms with Crippen LogP contribution in [0.3, 0.4) is 0 Å². The van der Waals surface area contributed by atoms with Crippen LogP contribution in [0.2, 0.25) is 0 Å². The summed E-state index contributed by atoms with van der Waals surface area (Å²) in [6.07, 6.45) is 23.6. The van der Waals surface area contributed by atoms with Gasteiger partial charge in [-0.2, -0.15) is 0 Å². The zero-order valence-corrected chi connectivity index (χ0v) is 18.3. The first-order valence-corrected chi connectivity index (χ1v) is 11.5. The third-order valence-electron chi connectivity index (χ3n) is 5.31. The highest BCUT2D eigenvalue weighted by Crippen LogP contribution is 2.14. The van der Waals surface area contributed by atoms with E-state index < -0.39 is 0 Å². The summed E-state index contributed by atoms with van der Waals surface area (Å²) >= 11 is 0. The summed E-state index contributed by atoms with van der Waals surface area (Å²) in [6.45, 7) is 8.65. The van der Waals surface area contributed by atoms with Gasteiger partial charge < -0.3 is 4.90 Å². The van der Waals surface area contributed by atoms with Gasteiger partial charge >= 0.3 is 0 Å². The van der Waals surface area contributed by atoms with Gasteiger partial charge in [-0.15, -0.1) is 0 Å². The second-order valence-corrected chi connectivity index (χ2v) is 8.16. The number of unbranched alkanes of at least 4 members (excludes halogenated alkanes) is 16. The minimum atomic E-state index is 0.0847. The quantitative estimate of drug-likeness (QED) is 0.170. The molecule has 0 aromatic heterocycles. The fraction of sp³-hybridized carbons (Fsp3) is 0.875. The Kier molecular flexibility index (Phi) is 18.4. The molecule has 0 fully saturated rings. The van der Waals surface area contributed by atoms with E-state index in [0.29, 0.717) is 5.57 Å². The van der Waals surface area contributed by atoms with Crippen molar-refractivity contribution in [1.29, 1.82) is 0 Å². The Balaban J connectivity index is 3.16. The van der Waals surface area contributed by atoms with Crippen molar-refractivity contribution < 1.29 is 4.79 Å².